The lowest BCUT2D eigenvalue weighted by Crippen LogP contribution is -2.46. The summed E-state index contributed by atoms with van der Waals surface area (Å²) in [4.78, 5) is 11.2. The molecule has 0 fully saturated rings. The molecule has 2 unspecified atom stereocenters. The molecule has 2 atom stereocenters. The van der Waals surface area contributed by atoms with E-state index < -0.39 is 11.5 Å². The summed E-state index contributed by atoms with van der Waals surface area (Å²) >= 11 is 0. The lowest BCUT2D eigenvalue weighted by molar-refractivity contribution is -0.143. The number of carboxylic acids is 1. The van der Waals surface area contributed by atoms with Crippen LogP contribution in [0.25, 0.3) is 0 Å². The molecule has 1 aromatic rings. The summed E-state index contributed by atoms with van der Waals surface area (Å²) in [6.45, 7) is 3.64. The first kappa shape index (κ1) is 21.1. The predicted octanol–water partition coefficient (Wildman–Crippen LogP) is 3.25. The first-order valence-electron chi connectivity index (χ1n) is 8.60. The average Bonchev–Trinajstić information content (AvgIpc) is 2.59. The second-order valence-corrected chi connectivity index (χ2v) is 6.62. The van der Waals surface area contributed by atoms with Crippen molar-refractivity contribution in [3.63, 3.8) is 0 Å². The van der Waals surface area contributed by atoms with Gasteiger partial charge in [-0.3, -0.25) is 4.79 Å². The van der Waals surface area contributed by atoms with Gasteiger partial charge in [0, 0.05) is 11.6 Å². The molecule has 0 aromatic heterocycles. The standard InChI is InChI=1S/C19H31NO5/c1-6-13(12-19(2,20)18(21)22)8-7-9-14-10-15(23-3)11-16(24-4)17(14)25-5/h10-11,13H,6-9,12,20H2,1-5H3,(H,21,22). The van der Waals surface area contributed by atoms with Gasteiger partial charge in [-0.05, 0) is 38.2 Å². The molecule has 0 saturated carbocycles. The predicted molar refractivity (Wildman–Crippen MR) is 97.7 cm³/mol. The van der Waals surface area contributed by atoms with E-state index in [1.54, 1.807) is 34.3 Å². The van der Waals surface area contributed by atoms with Gasteiger partial charge in [-0.25, -0.2) is 0 Å². The minimum atomic E-state index is -1.18. The Balaban J connectivity index is 2.78. The molecule has 0 heterocycles. The zero-order valence-corrected chi connectivity index (χ0v) is 15.9. The zero-order valence-electron chi connectivity index (χ0n) is 15.9. The molecule has 25 heavy (non-hydrogen) atoms. The molecular weight excluding hydrogens is 322 g/mol. The van der Waals surface area contributed by atoms with Crippen molar-refractivity contribution in [2.75, 3.05) is 21.3 Å². The van der Waals surface area contributed by atoms with E-state index in [9.17, 15) is 9.90 Å². The lowest BCUT2D eigenvalue weighted by atomic mass is 9.85. The summed E-state index contributed by atoms with van der Waals surface area (Å²) in [5.74, 6) is 1.39. The van der Waals surface area contributed by atoms with Crippen LogP contribution in [0, 0.1) is 5.92 Å². The molecule has 142 valence electrons. The first-order chi connectivity index (χ1) is 11.8. The molecule has 0 amide bonds. The Morgan fingerprint density at radius 3 is 2.40 bits per heavy atom. The second-order valence-electron chi connectivity index (χ2n) is 6.62. The van der Waals surface area contributed by atoms with Gasteiger partial charge in [-0.1, -0.05) is 19.8 Å². The first-order valence-corrected chi connectivity index (χ1v) is 8.60. The minimum Gasteiger partial charge on any atom is -0.497 e. The number of rotatable bonds is 11. The SMILES string of the molecule is CCC(CCCc1cc(OC)cc(OC)c1OC)CC(C)(N)C(=O)O. The van der Waals surface area contributed by atoms with Crippen LogP contribution in [0.3, 0.4) is 0 Å². The van der Waals surface area contributed by atoms with Gasteiger partial charge in [0.05, 0.1) is 21.3 Å². The fourth-order valence-electron chi connectivity index (χ4n) is 3.04. The van der Waals surface area contributed by atoms with E-state index in [1.807, 2.05) is 6.07 Å². The van der Waals surface area contributed by atoms with Gasteiger partial charge < -0.3 is 25.1 Å². The van der Waals surface area contributed by atoms with Crippen LogP contribution in [0.15, 0.2) is 12.1 Å². The Morgan fingerprint density at radius 2 is 1.92 bits per heavy atom. The molecule has 6 heteroatoms. The highest BCUT2D eigenvalue weighted by molar-refractivity contribution is 5.77. The normalized spacial score (nSPS) is 14.5. The monoisotopic (exact) mass is 353 g/mol. The highest BCUT2D eigenvalue weighted by Gasteiger charge is 2.30. The van der Waals surface area contributed by atoms with Gasteiger partial charge in [0.2, 0.25) is 0 Å². The highest BCUT2D eigenvalue weighted by atomic mass is 16.5. The van der Waals surface area contributed by atoms with E-state index in [0.717, 1.165) is 37.0 Å². The smallest absolute Gasteiger partial charge is 0.323 e. The van der Waals surface area contributed by atoms with E-state index in [-0.39, 0.29) is 5.92 Å². The number of hydrogen-bond donors (Lipinski definition) is 2. The lowest BCUT2D eigenvalue weighted by Gasteiger charge is -2.25. The molecule has 0 saturated heterocycles. The molecule has 0 aliphatic heterocycles. The van der Waals surface area contributed by atoms with Crippen molar-refractivity contribution in [3.8, 4) is 17.2 Å². The number of carbonyl (C=O) groups is 1. The Labute approximate surface area is 150 Å². The molecule has 1 aromatic carbocycles. The van der Waals surface area contributed by atoms with Crippen molar-refractivity contribution < 1.29 is 24.1 Å². The summed E-state index contributed by atoms with van der Waals surface area (Å²) < 4.78 is 16.2. The maximum absolute atomic E-state index is 11.2. The minimum absolute atomic E-state index is 0.268. The van der Waals surface area contributed by atoms with Crippen molar-refractivity contribution in [1.29, 1.82) is 0 Å². The number of aliphatic carboxylic acids is 1. The van der Waals surface area contributed by atoms with E-state index in [2.05, 4.69) is 6.92 Å². The van der Waals surface area contributed by atoms with Crippen LogP contribution in [0.2, 0.25) is 0 Å². The van der Waals surface area contributed by atoms with Gasteiger partial charge in [-0.15, -0.1) is 0 Å². The Bertz CT molecular complexity index is 571. The second kappa shape index (κ2) is 9.51. The fraction of sp³-hybridized carbons (Fsp3) is 0.632. The summed E-state index contributed by atoms with van der Waals surface area (Å²) in [5.41, 5.74) is 5.72. The molecular formula is C19H31NO5. The number of methoxy groups -OCH3 is 3. The summed E-state index contributed by atoms with van der Waals surface area (Å²) in [7, 11) is 4.84. The topological polar surface area (TPSA) is 91.0 Å². The van der Waals surface area contributed by atoms with Gasteiger partial charge in [0.1, 0.15) is 11.3 Å². The maximum Gasteiger partial charge on any atom is 0.323 e. The largest absolute Gasteiger partial charge is 0.497 e. The van der Waals surface area contributed by atoms with Crippen molar-refractivity contribution in [2.45, 2.75) is 51.5 Å². The Hall–Kier alpha value is -1.95. The van der Waals surface area contributed by atoms with E-state index in [1.165, 1.54) is 0 Å². The summed E-state index contributed by atoms with van der Waals surface area (Å²) in [5, 5.41) is 9.20. The van der Waals surface area contributed by atoms with Gasteiger partial charge >= 0.3 is 5.97 Å². The number of carboxylic acid groups (broad SMARTS) is 1. The van der Waals surface area contributed by atoms with Crippen LogP contribution in [-0.4, -0.2) is 37.9 Å². The van der Waals surface area contributed by atoms with Crippen molar-refractivity contribution in [1.82, 2.24) is 0 Å². The van der Waals surface area contributed by atoms with Crippen LogP contribution >= 0.6 is 0 Å². The summed E-state index contributed by atoms with van der Waals surface area (Å²) in [6, 6.07) is 3.75. The molecule has 3 N–H and O–H groups in total. The fourth-order valence-corrected chi connectivity index (χ4v) is 3.04. The van der Waals surface area contributed by atoms with Crippen LogP contribution in [-0.2, 0) is 11.2 Å². The van der Waals surface area contributed by atoms with Gasteiger partial charge in [-0.2, -0.15) is 0 Å². The third-order valence-corrected chi connectivity index (χ3v) is 4.60. The molecule has 0 radical (unpaired) electrons. The quantitative estimate of drug-likeness (QED) is 0.634. The zero-order chi connectivity index (χ0) is 19.0. The number of hydrogen-bond acceptors (Lipinski definition) is 5. The molecule has 0 bridgehead atoms. The molecule has 6 nitrogen and oxygen atoms in total. The molecule has 0 spiro atoms. The Kier molecular flexibility index (Phi) is 8.03. The van der Waals surface area contributed by atoms with Gasteiger partial charge in [0.15, 0.2) is 11.5 Å². The number of nitrogens with two attached hydrogens (primary N) is 1. The van der Waals surface area contributed by atoms with Crippen LogP contribution in [0.1, 0.15) is 45.1 Å². The molecule has 1 rings (SSSR count). The van der Waals surface area contributed by atoms with Gasteiger partial charge in [0.25, 0.3) is 0 Å². The van der Waals surface area contributed by atoms with Crippen LogP contribution in [0.5, 0.6) is 17.2 Å². The van der Waals surface area contributed by atoms with Crippen LogP contribution in [0.4, 0.5) is 0 Å². The average molecular weight is 353 g/mol. The summed E-state index contributed by atoms with van der Waals surface area (Å²) in [6.07, 6.45) is 3.97. The van der Waals surface area contributed by atoms with E-state index in [4.69, 9.17) is 19.9 Å². The highest BCUT2D eigenvalue weighted by Crippen LogP contribution is 2.36. The van der Waals surface area contributed by atoms with Crippen molar-refractivity contribution in [3.05, 3.63) is 17.7 Å². The van der Waals surface area contributed by atoms with Crippen LogP contribution < -0.4 is 19.9 Å². The Morgan fingerprint density at radius 1 is 1.24 bits per heavy atom. The molecule has 0 aliphatic rings. The van der Waals surface area contributed by atoms with Crippen molar-refractivity contribution >= 4 is 5.97 Å². The number of benzene rings is 1. The van der Waals surface area contributed by atoms with E-state index >= 15 is 0 Å². The third kappa shape index (κ3) is 5.81. The number of aryl methyl sites for hydroxylation is 1. The number of ether oxygens (including phenoxy) is 3. The molecule has 0 aliphatic carbocycles. The van der Waals surface area contributed by atoms with Crippen molar-refractivity contribution in [2.24, 2.45) is 11.7 Å². The maximum atomic E-state index is 11.2. The third-order valence-electron chi connectivity index (χ3n) is 4.60. The van der Waals surface area contributed by atoms with E-state index in [0.29, 0.717) is 17.9 Å².